The molecule has 0 bridgehead atoms. The molecule has 0 atom stereocenters. The SMILES string of the molecule is Nc1nc(-c2ccc(CC=O)cc2)cs1. The van der Waals surface area contributed by atoms with E-state index in [1.807, 2.05) is 29.6 Å². The van der Waals surface area contributed by atoms with Crippen LogP contribution >= 0.6 is 11.3 Å². The summed E-state index contributed by atoms with van der Waals surface area (Å²) in [5, 5.41) is 2.49. The molecule has 2 N–H and O–H groups in total. The number of thiazole rings is 1. The highest BCUT2D eigenvalue weighted by molar-refractivity contribution is 7.13. The molecule has 4 heteroatoms. The fourth-order valence-corrected chi connectivity index (χ4v) is 1.90. The van der Waals surface area contributed by atoms with E-state index < -0.39 is 0 Å². The first-order chi connectivity index (χ1) is 7.29. The summed E-state index contributed by atoms with van der Waals surface area (Å²) in [4.78, 5) is 14.5. The summed E-state index contributed by atoms with van der Waals surface area (Å²) in [5.41, 5.74) is 8.48. The van der Waals surface area contributed by atoms with Crippen LogP contribution in [0.3, 0.4) is 0 Å². The van der Waals surface area contributed by atoms with Gasteiger partial charge in [0.2, 0.25) is 0 Å². The van der Waals surface area contributed by atoms with Gasteiger partial charge in [-0.25, -0.2) is 4.98 Å². The normalized spacial score (nSPS) is 10.1. The molecule has 0 unspecified atom stereocenters. The number of nitrogen functional groups attached to an aromatic ring is 1. The summed E-state index contributed by atoms with van der Waals surface area (Å²) < 4.78 is 0. The van der Waals surface area contributed by atoms with Crippen LogP contribution in [0.1, 0.15) is 5.56 Å². The van der Waals surface area contributed by atoms with Crippen molar-refractivity contribution in [3.05, 3.63) is 35.2 Å². The van der Waals surface area contributed by atoms with Crippen LogP contribution in [-0.4, -0.2) is 11.3 Å². The van der Waals surface area contributed by atoms with E-state index in [1.165, 1.54) is 11.3 Å². The van der Waals surface area contributed by atoms with Gasteiger partial charge in [0.25, 0.3) is 0 Å². The Labute approximate surface area is 91.6 Å². The van der Waals surface area contributed by atoms with Crippen LogP contribution in [0.4, 0.5) is 5.13 Å². The molecule has 0 aliphatic rings. The molecular formula is C11H10N2OS. The Balaban J connectivity index is 2.27. The molecule has 3 nitrogen and oxygen atoms in total. The van der Waals surface area contributed by atoms with Gasteiger partial charge in [0.1, 0.15) is 6.29 Å². The number of benzene rings is 1. The van der Waals surface area contributed by atoms with Gasteiger partial charge < -0.3 is 10.5 Å². The van der Waals surface area contributed by atoms with Crippen molar-refractivity contribution in [2.45, 2.75) is 6.42 Å². The van der Waals surface area contributed by atoms with Crippen LogP contribution in [0.25, 0.3) is 11.3 Å². The minimum atomic E-state index is 0.458. The third-order valence-electron chi connectivity index (χ3n) is 2.09. The Morgan fingerprint density at radius 1 is 1.33 bits per heavy atom. The topological polar surface area (TPSA) is 56.0 Å². The molecule has 76 valence electrons. The second-order valence-corrected chi connectivity index (χ2v) is 4.03. The molecule has 1 heterocycles. The molecule has 0 saturated heterocycles. The lowest BCUT2D eigenvalue weighted by Gasteiger charge is -1.98. The molecule has 0 aliphatic heterocycles. The van der Waals surface area contributed by atoms with E-state index in [2.05, 4.69) is 4.98 Å². The number of carbonyl (C=O) groups is 1. The molecule has 0 fully saturated rings. The maximum absolute atomic E-state index is 10.3. The van der Waals surface area contributed by atoms with Crippen LogP contribution in [0.5, 0.6) is 0 Å². The lowest BCUT2D eigenvalue weighted by Crippen LogP contribution is -1.86. The van der Waals surface area contributed by atoms with Crippen LogP contribution < -0.4 is 5.73 Å². The Morgan fingerprint density at radius 2 is 2.07 bits per heavy atom. The molecule has 0 radical (unpaired) electrons. The highest BCUT2D eigenvalue weighted by Crippen LogP contribution is 2.23. The summed E-state index contributed by atoms with van der Waals surface area (Å²) in [6.07, 6.45) is 1.36. The number of carbonyl (C=O) groups excluding carboxylic acids is 1. The van der Waals surface area contributed by atoms with E-state index in [0.717, 1.165) is 23.1 Å². The Hall–Kier alpha value is -1.68. The van der Waals surface area contributed by atoms with Crippen molar-refractivity contribution in [2.24, 2.45) is 0 Å². The van der Waals surface area contributed by atoms with Crippen LogP contribution in [0.2, 0.25) is 0 Å². The number of hydrogen-bond acceptors (Lipinski definition) is 4. The second kappa shape index (κ2) is 4.23. The highest BCUT2D eigenvalue weighted by Gasteiger charge is 2.01. The molecule has 15 heavy (non-hydrogen) atoms. The summed E-state index contributed by atoms with van der Waals surface area (Å²) >= 11 is 1.42. The minimum Gasteiger partial charge on any atom is -0.375 e. The zero-order valence-electron chi connectivity index (χ0n) is 8.01. The van der Waals surface area contributed by atoms with Crippen molar-refractivity contribution in [3.8, 4) is 11.3 Å². The van der Waals surface area contributed by atoms with Gasteiger partial charge in [-0.1, -0.05) is 24.3 Å². The van der Waals surface area contributed by atoms with Crippen molar-refractivity contribution in [2.75, 3.05) is 5.73 Å². The smallest absolute Gasteiger partial charge is 0.180 e. The maximum atomic E-state index is 10.3. The molecular weight excluding hydrogens is 208 g/mol. The van der Waals surface area contributed by atoms with Crippen LogP contribution in [-0.2, 0) is 11.2 Å². The molecule has 2 rings (SSSR count). The Bertz CT molecular complexity index is 462. The number of hydrogen-bond donors (Lipinski definition) is 1. The van der Waals surface area contributed by atoms with Gasteiger partial charge in [0.05, 0.1) is 5.69 Å². The number of nitrogens with two attached hydrogens (primary N) is 1. The minimum absolute atomic E-state index is 0.458. The summed E-state index contributed by atoms with van der Waals surface area (Å²) in [7, 11) is 0. The predicted octanol–water partition coefficient (Wildman–Crippen LogP) is 2.13. The largest absolute Gasteiger partial charge is 0.375 e. The zero-order valence-corrected chi connectivity index (χ0v) is 8.83. The third kappa shape index (κ3) is 2.22. The standard InChI is InChI=1S/C11H10N2OS/c12-11-13-10(7-15-11)9-3-1-8(2-4-9)5-6-14/h1-4,6-7H,5H2,(H2,12,13). The zero-order chi connectivity index (χ0) is 10.7. The average Bonchev–Trinajstić information content (AvgIpc) is 2.67. The van der Waals surface area contributed by atoms with E-state index in [4.69, 9.17) is 5.73 Å². The van der Waals surface area contributed by atoms with E-state index in [9.17, 15) is 4.79 Å². The van der Waals surface area contributed by atoms with E-state index in [1.54, 1.807) is 0 Å². The summed E-state index contributed by atoms with van der Waals surface area (Å²) in [6.45, 7) is 0. The lowest BCUT2D eigenvalue weighted by molar-refractivity contribution is -0.107. The Morgan fingerprint density at radius 3 is 2.60 bits per heavy atom. The molecule has 0 saturated carbocycles. The van der Waals surface area contributed by atoms with Crippen molar-refractivity contribution < 1.29 is 4.79 Å². The number of aldehydes is 1. The maximum Gasteiger partial charge on any atom is 0.180 e. The summed E-state index contributed by atoms with van der Waals surface area (Å²) in [6, 6.07) is 7.76. The molecule has 0 amide bonds. The molecule has 1 aromatic carbocycles. The van der Waals surface area contributed by atoms with Gasteiger partial charge in [0, 0.05) is 17.4 Å². The number of nitrogens with zero attached hydrogens (tertiary/aromatic N) is 1. The van der Waals surface area contributed by atoms with Crippen LogP contribution in [0, 0.1) is 0 Å². The highest BCUT2D eigenvalue weighted by atomic mass is 32.1. The Kier molecular flexibility index (Phi) is 2.78. The van der Waals surface area contributed by atoms with E-state index >= 15 is 0 Å². The second-order valence-electron chi connectivity index (χ2n) is 3.14. The van der Waals surface area contributed by atoms with Crippen LogP contribution in [0.15, 0.2) is 29.6 Å². The van der Waals surface area contributed by atoms with Gasteiger partial charge >= 0.3 is 0 Å². The number of anilines is 1. The molecule has 1 aromatic heterocycles. The van der Waals surface area contributed by atoms with Gasteiger partial charge in [-0.15, -0.1) is 11.3 Å². The third-order valence-corrected chi connectivity index (χ3v) is 2.76. The molecule has 2 aromatic rings. The van der Waals surface area contributed by atoms with Gasteiger partial charge in [-0.05, 0) is 5.56 Å². The van der Waals surface area contributed by atoms with Crippen molar-refractivity contribution in [3.63, 3.8) is 0 Å². The monoisotopic (exact) mass is 218 g/mol. The predicted molar refractivity (Wildman–Crippen MR) is 61.7 cm³/mol. The van der Waals surface area contributed by atoms with Gasteiger partial charge in [0.15, 0.2) is 5.13 Å². The van der Waals surface area contributed by atoms with Crippen molar-refractivity contribution in [1.82, 2.24) is 4.98 Å². The fourth-order valence-electron chi connectivity index (χ4n) is 1.33. The van der Waals surface area contributed by atoms with Gasteiger partial charge in [-0.2, -0.15) is 0 Å². The first-order valence-electron chi connectivity index (χ1n) is 4.53. The first kappa shape index (κ1) is 9.86. The fraction of sp³-hybridized carbons (Fsp3) is 0.0909. The average molecular weight is 218 g/mol. The first-order valence-corrected chi connectivity index (χ1v) is 5.41. The van der Waals surface area contributed by atoms with Crippen molar-refractivity contribution in [1.29, 1.82) is 0 Å². The van der Waals surface area contributed by atoms with E-state index in [0.29, 0.717) is 11.6 Å². The van der Waals surface area contributed by atoms with Gasteiger partial charge in [-0.3, -0.25) is 0 Å². The van der Waals surface area contributed by atoms with Crippen molar-refractivity contribution >= 4 is 22.8 Å². The number of rotatable bonds is 3. The van der Waals surface area contributed by atoms with E-state index in [-0.39, 0.29) is 0 Å². The quantitative estimate of drug-likeness (QED) is 0.803. The summed E-state index contributed by atoms with van der Waals surface area (Å²) in [5.74, 6) is 0. The molecule has 0 spiro atoms. The number of aromatic nitrogens is 1. The lowest BCUT2D eigenvalue weighted by atomic mass is 10.1. The molecule has 0 aliphatic carbocycles.